The number of aromatic nitrogens is 3. The lowest BCUT2D eigenvalue weighted by Gasteiger charge is -2.22. The first-order valence-electron chi connectivity index (χ1n) is 10.8. The van der Waals surface area contributed by atoms with Crippen LogP contribution in [0.1, 0.15) is 70.2 Å². The van der Waals surface area contributed by atoms with Crippen LogP contribution in [0.25, 0.3) is 11.2 Å². The van der Waals surface area contributed by atoms with Crippen LogP contribution >= 0.6 is 0 Å². The zero-order chi connectivity index (χ0) is 19.8. The van der Waals surface area contributed by atoms with Gasteiger partial charge in [0.1, 0.15) is 11.3 Å². The second kappa shape index (κ2) is 10.6. The molecule has 0 saturated carbocycles. The summed E-state index contributed by atoms with van der Waals surface area (Å²) in [6, 6.07) is 4.07. The van der Waals surface area contributed by atoms with Gasteiger partial charge in [0.25, 0.3) is 0 Å². The fourth-order valence-electron chi connectivity index (χ4n) is 4.16. The topological polar surface area (TPSA) is 60.2 Å². The van der Waals surface area contributed by atoms with Gasteiger partial charge in [-0.1, -0.05) is 25.7 Å². The van der Waals surface area contributed by atoms with Gasteiger partial charge in [-0.3, -0.25) is 4.79 Å². The van der Waals surface area contributed by atoms with Crippen molar-refractivity contribution in [1.82, 2.24) is 19.4 Å². The molecule has 28 heavy (non-hydrogen) atoms. The average Bonchev–Trinajstić information content (AvgIpc) is 3.12. The van der Waals surface area contributed by atoms with Crippen molar-refractivity contribution in [2.45, 2.75) is 70.8 Å². The Kier molecular flexibility index (Phi) is 7.83. The molecular weight excluding hydrogens is 352 g/mol. The van der Waals surface area contributed by atoms with E-state index in [1.54, 1.807) is 13.3 Å². The van der Waals surface area contributed by atoms with Gasteiger partial charge >= 0.3 is 0 Å². The van der Waals surface area contributed by atoms with Crippen molar-refractivity contribution in [3.05, 3.63) is 24.2 Å². The van der Waals surface area contributed by atoms with Crippen LogP contribution in [-0.2, 0) is 16.0 Å². The number of carbonyl (C=O) groups excluding carboxylic acids is 1. The third kappa shape index (κ3) is 5.31. The summed E-state index contributed by atoms with van der Waals surface area (Å²) < 4.78 is 7.52. The minimum Gasteiger partial charge on any atom is -0.383 e. The van der Waals surface area contributed by atoms with E-state index in [2.05, 4.69) is 21.4 Å². The monoisotopic (exact) mass is 386 g/mol. The van der Waals surface area contributed by atoms with Gasteiger partial charge < -0.3 is 14.2 Å². The molecule has 1 atom stereocenters. The molecule has 154 valence electrons. The van der Waals surface area contributed by atoms with E-state index in [-0.39, 0.29) is 6.04 Å². The van der Waals surface area contributed by atoms with Crippen LogP contribution in [0.3, 0.4) is 0 Å². The van der Waals surface area contributed by atoms with E-state index in [9.17, 15) is 4.79 Å². The van der Waals surface area contributed by atoms with Crippen LogP contribution in [0.5, 0.6) is 0 Å². The number of pyridine rings is 1. The third-order valence-electron chi connectivity index (χ3n) is 5.62. The van der Waals surface area contributed by atoms with E-state index in [0.29, 0.717) is 18.9 Å². The molecule has 1 saturated heterocycles. The molecule has 6 heteroatoms. The molecule has 0 aromatic carbocycles. The van der Waals surface area contributed by atoms with Crippen molar-refractivity contribution in [2.75, 3.05) is 26.8 Å². The van der Waals surface area contributed by atoms with Gasteiger partial charge in [0, 0.05) is 39.2 Å². The van der Waals surface area contributed by atoms with E-state index in [0.717, 1.165) is 55.8 Å². The number of amides is 1. The Labute approximate surface area is 168 Å². The molecule has 0 bridgehead atoms. The number of methoxy groups -OCH3 is 1. The van der Waals surface area contributed by atoms with Crippen molar-refractivity contribution in [3.63, 3.8) is 0 Å². The highest BCUT2D eigenvalue weighted by Gasteiger charge is 2.18. The van der Waals surface area contributed by atoms with Crippen LogP contribution in [-0.4, -0.2) is 52.1 Å². The van der Waals surface area contributed by atoms with Gasteiger partial charge in [-0.15, -0.1) is 0 Å². The quantitative estimate of drug-likeness (QED) is 0.717. The van der Waals surface area contributed by atoms with Crippen LogP contribution in [0.4, 0.5) is 0 Å². The Morgan fingerprint density at radius 3 is 2.61 bits per heavy atom. The van der Waals surface area contributed by atoms with E-state index >= 15 is 0 Å². The Bertz CT molecular complexity index is 748. The standard InChI is InChI=1S/C22H34N4O2/c1-18(17-28-2)26-20(24-19-11-10-14-23-22(19)26)12-9-13-21(27)25-15-7-5-3-4-6-8-16-25/h10-11,14,18H,3-9,12-13,15-17H2,1-2H3. The first kappa shape index (κ1) is 20.8. The highest BCUT2D eigenvalue weighted by atomic mass is 16.5. The molecule has 6 nitrogen and oxygen atoms in total. The van der Waals surface area contributed by atoms with E-state index < -0.39 is 0 Å². The zero-order valence-corrected chi connectivity index (χ0v) is 17.4. The predicted octanol–water partition coefficient (Wildman–Crippen LogP) is 4.14. The zero-order valence-electron chi connectivity index (χ0n) is 17.4. The molecule has 1 amide bonds. The van der Waals surface area contributed by atoms with Gasteiger partial charge in [-0.25, -0.2) is 9.97 Å². The van der Waals surface area contributed by atoms with Gasteiger partial charge in [0.05, 0.1) is 12.6 Å². The Balaban J connectivity index is 1.62. The number of hydrogen-bond acceptors (Lipinski definition) is 4. The van der Waals surface area contributed by atoms with Crippen LogP contribution in [0.15, 0.2) is 18.3 Å². The van der Waals surface area contributed by atoms with Gasteiger partial charge in [-0.05, 0) is 38.3 Å². The number of imidazole rings is 1. The Morgan fingerprint density at radius 2 is 1.89 bits per heavy atom. The summed E-state index contributed by atoms with van der Waals surface area (Å²) in [6.07, 6.45) is 11.4. The van der Waals surface area contributed by atoms with Gasteiger partial charge in [0.2, 0.25) is 5.91 Å². The maximum atomic E-state index is 12.7. The predicted molar refractivity (Wildman–Crippen MR) is 111 cm³/mol. The molecule has 3 heterocycles. The van der Waals surface area contributed by atoms with Crippen molar-refractivity contribution in [2.24, 2.45) is 0 Å². The molecule has 1 aliphatic heterocycles. The Morgan fingerprint density at radius 1 is 1.18 bits per heavy atom. The SMILES string of the molecule is COCC(C)n1c(CCCC(=O)N2CCCCCCCC2)nc2cccnc21. The first-order chi connectivity index (χ1) is 13.7. The number of fused-ring (bicyclic) bond motifs is 1. The molecule has 1 aliphatic rings. The van der Waals surface area contributed by atoms with E-state index in [1.807, 2.05) is 12.1 Å². The van der Waals surface area contributed by atoms with Crippen molar-refractivity contribution >= 4 is 17.1 Å². The lowest BCUT2D eigenvalue weighted by Crippen LogP contribution is -2.32. The molecule has 2 aromatic rings. The highest BCUT2D eigenvalue weighted by Crippen LogP contribution is 2.21. The summed E-state index contributed by atoms with van der Waals surface area (Å²) in [6.45, 7) is 4.58. The van der Waals surface area contributed by atoms with Gasteiger partial charge in [-0.2, -0.15) is 0 Å². The van der Waals surface area contributed by atoms with Gasteiger partial charge in [0.15, 0.2) is 5.65 Å². The lowest BCUT2D eigenvalue weighted by molar-refractivity contribution is -0.131. The summed E-state index contributed by atoms with van der Waals surface area (Å²) in [5.41, 5.74) is 1.81. The van der Waals surface area contributed by atoms with E-state index in [1.165, 1.54) is 25.7 Å². The third-order valence-corrected chi connectivity index (χ3v) is 5.62. The second-order valence-corrected chi connectivity index (χ2v) is 7.90. The smallest absolute Gasteiger partial charge is 0.222 e. The molecule has 0 aliphatic carbocycles. The summed E-state index contributed by atoms with van der Waals surface area (Å²) in [4.78, 5) is 24.1. The number of carbonyl (C=O) groups is 1. The summed E-state index contributed by atoms with van der Waals surface area (Å²) in [5.74, 6) is 1.29. The van der Waals surface area contributed by atoms with Crippen LogP contribution < -0.4 is 0 Å². The highest BCUT2D eigenvalue weighted by molar-refractivity contribution is 5.76. The summed E-state index contributed by atoms with van der Waals surface area (Å²) >= 11 is 0. The van der Waals surface area contributed by atoms with Crippen LogP contribution in [0, 0.1) is 0 Å². The Hall–Kier alpha value is -1.95. The number of rotatable bonds is 7. The number of aryl methyl sites for hydroxylation is 1. The maximum absolute atomic E-state index is 12.7. The fraction of sp³-hybridized carbons (Fsp3) is 0.682. The summed E-state index contributed by atoms with van der Waals surface area (Å²) in [7, 11) is 1.72. The second-order valence-electron chi connectivity index (χ2n) is 7.90. The average molecular weight is 387 g/mol. The van der Waals surface area contributed by atoms with Crippen molar-refractivity contribution in [3.8, 4) is 0 Å². The minimum absolute atomic E-state index is 0.161. The van der Waals surface area contributed by atoms with E-state index in [4.69, 9.17) is 9.72 Å². The summed E-state index contributed by atoms with van der Waals surface area (Å²) in [5, 5.41) is 0. The first-order valence-corrected chi connectivity index (χ1v) is 10.8. The van der Waals surface area contributed by atoms with Crippen LogP contribution in [0.2, 0.25) is 0 Å². The molecule has 0 N–H and O–H groups in total. The molecule has 1 fully saturated rings. The molecule has 3 rings (SSSR count). The normalized spacial score (nSPS) is 17.1. The number of nitrogens with zero attached hydrogens (tertiary/aromatic N) is 4. The minimum atomic E-state index is 0.161. The molecule has 1 unspecified atom stereocenters. The largest absolute Gasteiger partial charge is 0.383 e. The molecule has 0 spiro atoms. The number of ether oxygens (including phenoxy) is 1. The maximum Gasteiger partial charge on any atom is 0.222 e. The molecule has 2 aromatic heterocycles. The lowest BCUT2D eigenvalue weighted by atomic mass is 10.1. The number of hydrogen-bond donors (Lipinski definition) is 0. The fourth-order valence-corrected chi connectivity index (χ4v) is 4.16. The molecule has 0 radical (unpaired) electrons. The van der Waals surface area contributed by atoms with Crippen molar-refractivity contribution in [1.29, 1.82) is 0 Å². The van der Waals surface area contributed by atoms with Crippen molar-refractivity contribution < 1.29 is 9.53 Å². The molecular formula is C22H34N4O2.